The Morgan fingerprint density at radius 2 is 1.85 bits per heavy atom. The number of hydrogen-bond acceptors (Lipinski definition) is 2. The topological polar surface area (TPSA) is 24.9 Å². The molecule has 1 heterocycles. The van der Waals surface area contributed by atoms with Gasteiger partial charge < -0.3 is 5.32 Å². The van der Waals surface area contributed by atoms with Crippen LogP contribution in [0.15, 0.2) is 41.1 Å². The molecule has 0 fully saturated rings. The Morgan fingerprint density at radius 3 is 2.45 bits per heavy atom. The van der Waals surface area contributed by atoms with Crippen molar-refractivity contribution in [1.82, 2.24) is 10.3 Å². The number of benzene rings is 1. The number of likely N-dealkylation sites (N-methyl/N-ethyl adjacent to an activating group) is 1. The maximum absolute atomic E-state index is 6.09. The maximum atomic E-state index is 6.09. The van der Waals surface area contributed by atoms with Gasteiger partial charge in [0.2, 0.25) is 0 Å². The van der Waals surface area contributed by atoms with E-state index in [1.165, 1.54) is 0 Å². The number of rotatable bonds is 5. The zero-order chi connectivity index (χ0) is 14.5. The number of aromatic nitrogens is 1. The first-order valence-corrected chi connectivity index (χ1v) is 7.92. The lowest BCUT2D eigenvalue weighted by Crippen LogP contribution is -2.23. The molecule has 0 spiro atoms. The first kappa shape index (κ1) is 15.8. The van der Waals surface area contributed by atoms with Crippen LogP contribution in [0.3, 0.4) is 0 Å². The van der Waals surface area contributed by atoms with Crippen molar-refractivity contribution in [3.63, 3.8) is 0 Å². The zero-order valence-electron chi connectivity index (χ0n) is 11.0. The minimum absolute atomic E-state index is 0.160. The predicted octanol–water partition coefficient (Wildman–Crippen LogP) is 5.04. The standard InChI is InChI=1S/C15H15BrCl2N2/c1-2-20-15(4-10-3-12(16)9-19-8-10)11-5-13(17)7-14(18)6-11/h3,5-9,15,20H,2,4H2,1H3. The van der Waals surface area contributed by atoms with Gasteiger partial charge in [0.15, 0.2) is 0 Å². The molecule has 2 aromatic rings. The smallest absolute Gasteiger partial charge is 0.0424 e. The largest absolute Gasteiger partial charge is 0.310 e. The first-order valence-electron chi connectivity index (χ1n) is 6.37. The molecule has 0 saturated carbocycles. The predicted molar refractivity (Wildman–Crippen MR) is 88.5 cm³/mol. The molecule has 106 valence electrons. The molecule has 0 saturated heterocycles. The molecule has 20 heavy (non-hydrogen) atoms. The van der Waals surface area contributed by atoms with Crippen molar-refractivity contribution in [1.29, 1.82) is 0 Å². The molecule has 0 radical (unpaired) electrons. The van der Waals surface area contributed by atoms with Crippen molar-refractivity contribution in [2.24, 2.45) is 0 Å². The molecule has 0 bridgehead atoms. The van der Waals surface area contributed by atoms with Gasteiger partial charge in [-0.2, -0.15) is 0 Å². The molecule has 1 aromatic carbocycles. The highest BCUT2D eigenvalue weighted by molar-refractivity contribution is 9.10. The number of nitrogens with zero attached hydrogens (tertiary/aromatic N) is 1. The van der Waals surface area contributed by atoms with Crippen LogP contribution in [-0.2, 0) is 6.42 Å². The molecular formula is C15H15BrCl2N2. The summed E-state index contributed by atoms with van der Waals surface area (Å²) < 4.78 is 0.981. The SMILES string of the molecule is CCNC(Cc1cncc(Br)c1)c1cc(Cl)cc(Cl)c1. The van der Waals surface area contributed by atoms with Crippen molar-refractivity contribution >= 4 is 39.1 Å². The third kappa shape index (κ3) is 4.45. The Labute approximate surface area is 137 Å². The molecule has 1 N–H and O–H groups in total. The molecular weight excluding hydrogens is 359 g/mol. The van der Waals surface area contributed by atoms with E-state index < -0.39 is 0 Å². The lowest BCUT2D eigenvalue weighted by molar-refractivity contribution is 0.549. The fourth-order valence-corrected chi connectivity index (χ4v) is 3.09. The van der Waals surface area contributed by atoms with Crippen LogP contribution in [0, 0.1) is 0 Å². The monoisotopic (exact) mass is 372 g/mol. The molecule has 1 unspecified atom stereocenters. The van der Waals surface area contributed by atoms with Crippen molar-refractivity contribution < 1.29 is 0 Å². The van der Waals surface area contributed by atoms with Crippen LogP contribution in [0.25, 0.3) is 0 Å². The number of nitrogens with one attached hydrogen (secondary N) is 1. The number of halogens is 3. The molecule has 5 heteroatoms. The van der Waals surface area contributed by atoms with Gasteiger partial charge in [0.05, 0.1) is 0 Å². The molecule has 1 atom stereocenters. The summed E-state index contributed by atoms with van der Waals surface area (Å²) in [4.78, 5) is 4.20. The molecule has 0 aliphatic rings. The van der Waals surface area contributed by atoms with Gasteiger partial charge >= 0.3 is 0 Å². The van der Waals surface area contributed by atoms with E-state index in [2.05, 4.69) is 39.2 Å². The van der Waals surface area contributed by atoms with Crippen LogP contribution in [0.2, 0.25) is 10.0 Å². The van der Waals surface area contributed by atoms with Crippen LogP contribution in [0.5, 0.6) is 0 Å². The fourth-order valence-electron chi connectivity index (χ4n) is 2.13. The van der Waals surface area contributed by atoms with E-state index in [0.717, 1.165) is 28.6 Å². The third-order valence-corrected chi connectivity index (χ3v) is 3.81. The van der Waals surface area contributed by atoms with Gasteiger partial charge in [-0.05, 0) is 64.3 Å². The van der Waals surface area contributed by atoms with Crippen LogP contribution >= 0.6 is 39.1 Å². The Morgan fingerprint density at radius 1 is 1.15 bits per heavy atom. The quantitative estimate of drug-likeness (QED) is 0.793. The maximum Gasteiger partial charge on any atom is 0.0424 e. The lowest BCUT2D eigenvalue weighted by atomic mass is 10.00. The molecule has 0 aliphatic carbocycles. The van der Waals surface area contributed by atoms with Gasteiger partial charge in [-0.25, -0.2) is 0 Å². The number of pyridine rings is 1. The van der Waals surface area contributed by atoms with Gasteiger partial charge in [0.1, 0.15) is 0 Å². The second kappa shape index (κ2) is 7.41. The Hall–Kier alpha value is -0.610. The second-order valence-electron chi connectivity index (χ2n) is 4.53. The van der Waals surface area contributed by atoms with Crippen molar-refractivity contribution in [2.45, 2.75) is 19.4 Å². The summed E-state index contributed by atoms with van der Waals surface area (Å²) in [7, 11) is 0. The zero-order valence-corrected chi connectivity index (χ0v) is 14.1. The van der Waals surface area contributed by atoms with Crippen LogP contribution < -0.4 is 5.32 Å². The van der Waals surface area contributed by atoms with E-state index >= 15 is 0 Å². The normalized spacial score (nSPS) is 12.4. The van der Waals surface area contributed by atoms with Crippen molar-refractivity contribution in [3.05, 3.63) is 62.3 Å². The summed E-state index contributed by atoms with van der Waals surface area (Å²) >= 11 is 15.6. The molecule has 2 rings (SSSR count). The summed E-state index contributed by atoms with van der Waals surface area (Å²) in [6.45, 7) is 2.95. The third-order valence-electron chi connectivity index (χ3n) is 2.94. The first-order chi connectivity index (χ1) is 9.58. The molecule has 0 aliphatic heterocycles. The van der Waals surface area contributed by atoms with Gasteiger partial charge in [-0.3, -0.25) is 4.98 Å². The van der Waals surface area contributed by atoms with Crippen molar-refractivity contribution in [3.8, 4) is 0 Å². The lowest BCUT2D eigenvalue weighted by Gasteiger charge is -2.19. The van der Waals surface area contributed by atoms with E-state index in [1.807, 2.05) is 18.3 Å². The summed E-state index contributed by atoms with van der Waals surface area (Å²) in [5.74, 6) is 0. The second-order valence-corrected chi connectivity index (χ2v) is 6.32. The Bertz CT molecular complexity index is 570. The Balaban J connectivity index is 2.26. The average molecular weight is 374 g/mol. The number of hydrogen-bond donors (Lipinski definition) is 1. The summed E-state index contributed by atoms with van der Waals surface area (Å²) in [5, 5.41) is 4.77. The average Bonchev–Trinajstić information content (AvgIpc) is 2.37. The summed E-state index contributed by atoms with van der Waals surface area (Å²) in [6.07, 6.45) is 4.49. The minimum atomic E-state index is 0.160. The van der Waals surface area contributed by atoms with Crippen LogP contribution in [-0.4, -0.2) is 11.5 Å². The van der Waals surface area contributed by atoms with Gasteiger partial charge in [-0.15, -0.1) is 0 Å². The Kier molecular flexibility index (Phi) is 5.85. The molecule has 0 amide bonds. The summed E-state index contributed by atoms with van der Waals surface area (Å²) in [6, 6.07) is 7.88. The summed E-state index contributed by atoms with van der Waals surface area (Å²) in [5.41, 5.74) is 2.24. The van der Waals surface area contributed by atoms with E-state index in [0.29, 0.717) is 10.0 Å². The molecule has 1 aromatic heterocycles. The van der Waals surface area contributed by atoms with Crippen molar-refractivity contribution in [2.75, 3.05) is 6.54 Å². The van der Waals surface area contributed by atoms with E-state index in [4.69, 9.17) is 23.2 Å². The molecule has 2 nitrogen and oxygen atoms in total. The van der Waals surface area contributed by atoms with Gasteiger partial charge in [-0.1, -0.05) is 30.1 Å². The highest BCUT2D eigenvalue weighted by Gasteiger charge is 2.13. The van der Waals surface area contributed by atoms with E-state index in [1.54, 1.807) is 12.3 Å². The minimum Gasteiger partial charge on any atom is -0.310 e. The van der Waals surface area contributed by atoms with Crippen LogP contribution in [0.4, 0.5) is 0 Å². The van der Waals surface area contributed by atoms with E-state index in [-0.39, 0.29) is 6.04 Å². The fraction of sp³-hybridized carbons (Fsp3) is 0.267. The van der Waals surface area contributed by atoms with Gasteiger partial charge in [0, 0.05) is 33.0 Å². The van der Waals surface area contributed by atoms with E-state index in [9.17, 15) is 0 Å². The highest BCUT2D eigenvalue weighted by Crippen LogP contribution is 2.26. The van der Waals surface area contributed by atoms with Gasteiger partial charge in [0.25, 0.3) is 0 Å². The highest BCUT2D eigenvalue weighted by atomic mass is 79.9. The van der Waals surface area contributed by atoms with Crippen LogP contribution in [0.1, 0.15) is 24.1 Å².